The standard InChI is InChI=1S/C11H16N2O7/c1-3-9(16)19-7-12(5-14)11(18)13(6-15)8-20-10(17)4-2/h3-4,14-15H,1-2,5-8H2. The number of amides is 2. The van der Waals surface area contributed by atoms with Gasteiger partial charge >= 0.3 is 18.0 Å². The number of carbonyl (C=O) groups is 3. The first-order valence-electron chi connectivity index (χ1n) is 5.34. The van der Waals surface area contributed by atoms with Gasteiger partial charge in [0.2, 0.25) is 0 Å². The maximum atomic E-state index is 11.8. The smallest absolute Gasteiger partial charge is 0.331 e. The molecular formula is C11H16N2O7. The van der Waals surface area contributed by atoms with Crippen LogP contribution in [0.4, 0.5) is 4.79 Å². The molecule has 0 aliphatic carbocycles. The van der Waals surface area contributed by atoms with Gasteiger partial charge in [0, 0.05) is 12.2 Å². The monoisotopic (exact) mass is 288 g/mol. The average molecular weight is 288 g/mol. The summed E-state index contributed by atoms with van der Waals surface area (Å²) in [5, 5.41) is 18.0. The van der Waals surface area contributed by atoms with Crippen molar-refractivity contribution in [1.29, 1.82) is 0 Å². The highest BCUT2D eigenvalue weighted by Crippen LogP contribution is 2.00. The van der Waals surface area contributed by atoms with Crippen molar-refractivity contribution in [2.75, 3.05) is 26.9 Å². The number of aliphatic hydroxyl groups excluding tert-OH is 2. The average Bonchev–Trinajstić information content (AvgIpc) is 2.47. The van der Waals surface area contributed by atoms with Gasteiger partial charge in [0.15, 0.2) is 13.5 Å². The number of hydrogen-bond donors (Lipinski definition) is 2. The van der Waals surface area contributed by atoms with Crippen LogP contribution >= 0.6 is 0 Å². The fraction of sp³-hybridized carbons (Fsp3) is 0.364. The molecule has 0 saturated heterocycles. The summed E-state index contributed by atoms with van der Waals surface area (Å²) in [5.41, 5.74) is 0. The van der Waals surface area contributed by atoms with Crippen LogP contribution in [0.15, 0.2) is 25.3 Å². The summed E-state index contributed by atoms with van der Waals surface area (Å²) in [7, 11) is 0. The van der Waals surface area contributed by atoms with E-state index in [9.17, 15) is 14.4 Å². The van der Waals surface area contributed by atoms with Crippen molar-refractivity contribution in [3.05, 3.63) is 25.3 Å². The van der Waals surface area contributed by atoms with E-state index in [0.717, 1.165) is 12.2 Å². The lowest BCUT2D eigenvalue weighted by Crippen LogP contribution is -2.46. The second-order valence-electron chi connectivity index (χ2n) is 3.24. The minimum absolute atomic E-state index is 0.550. The fourth-order valence-electron chi connectivity index (χ4n) is 0.914. The van der Waals surface area contributed by atoms with E-state index in [0.29, 0.717) is 9.80 Å². The summed E-state index contributed by atoms with van der Waals surface area (Å²) in [4.78, 5) is 34.9. The van der Waals surface area contributed by atoms with Crippen LogP contribution in [-0.2, 0) is 19.1 Å². The molecule has 2 N–H and O–H groups in total. The van der Waals surface area contributed by atoms with Gasteiger partial charge in [0.05, 0.1) is 0 Å². The Kier molecular flexibility index (Phi) is 8.39. The Labute approximate surface area is 115 Å². The van der Waals surface area contributed by atoms with Crippen LogP contribution < -0.4 is 0 Å². The van der Waals surface area contributed by atoms with Crippen LogP contribution in [0.5, 0.6) is 0 Å². The van der Waals surface area contributed by atoms with Gasteiger partial charge in [-0.3, -0.25) is 9.80 Å². The van der Waals surface area contributed by atoms with Crippen LogP contribution in [0.1, 0.15) is 0 Å². The second-order valence-corrected chi connectivity index (χ2v) is 3.24. The number of nitrogens with zero attached hydrogens (tertiary/aromatic N) is 2. The molecule has 0 radical (unpaired) electrons. The SMILES string of the molecule is C=CC(=O)OCN(CO)C(=O)N(CO)COC(=O)C=C. The van der Waals surface area contributed by atoms with Crippen molar-refractivity contribution in [3.8, 4) is 0 Å². The van der Waals surface area contributed by atoms with Crippen LogP contribution in [-0.4, -0.2) is 64.9 Å². The normalized spacial score (nSPS) is 9.30. The Morgan fingerprint density at radius 2 is 1.25 bits per heavy atom. The van der Waals surface area contributed by atoms with Crippen molar-refractivity contribution < 1.29 is 34.1 Å². The summed E-state index contributed by atoms with van der Waals surface area (Å²) in [6.07, 6.45) is 1.77. The number of hydrogen-bond acceptors (Lipinski definition) is 7. The number of aliphatic hydroxyl groups is 2. The Hall–Kier alpha value is -2.39. The minimum atomic E-state index is -0.899. The maximum absolute atomic E-state index is 11.8. The van der Waals surface area contributed by atoms with Crippen LogP contribution in [0.3, 0.4) is 0 Å². The van der Waals surface area contributed by atoms with Crippen LogP contribution in [0, 0.1) is 0 Å². The molecule has 0 rings (SSSR count). The lowest BCUT2D eigenvalue weighted by atomic mass is 10.6. The van der Waals surface area contributed by atoms with E-state index in [1.807, 2.05) is 0 Å². The highest BCUT2D eigenvalue weighted by Gasteiger charge is 2.21. The van der Waals surface area contributed by atoms with Gasteiger partial charge in [-0.2, -0.15) is 0 Å². The van der Waals surface area contributed by atoms with E-state index in [4.69, 9.17) is 10.2 Å². The van der Waals surface area contributed by atoms with Crippen molar-refractivity contribution >= 4 is 18.0 Å². The quantitative estimate of drug-likeness (QED) is 0.333. The highest BCUT2D eigenvalue weighted by atomic mass is 16.6. The molecule has 0 heterocycles. The molecule has 0 unspecified atom stereocenters. The third kappa shape index (κ3) is 5.98. The predicted molar refractivity (Wildman–Crippen MR) is 65.6 cm³/mol. The molecule has 0 atom stereocenters. The van der Waals surface area contributed by atoms with Gasteiger partial charge in [-0.05, 0) is 0 Å². The molecule has 0 aliphatic heterocycles. The van der Waals surface area contributed by atoms with E-state index >= 15 is 0 Å². The van der Waals surface area contributed by atoms with E-state index in [1.165, 1.54) is 0 Å². The zero-order valence-corrected chi connectivity index (χ0v) is 10.7. The first kappa shape index (κ1) is 17.6. The van der Waals surface area contributed by atoms with E-state index < -0.39 is 44.9 Å². The first-order chi connectivity index (χ1) is 9.49. The summed E-state index contributed by atoms with van der Waals surface area (Å²) < 4.78 is 9.13. The van der Waals surface area contributed by atoms with Gasteiger partial charge in [-0.15, -0.1) is 0 Å². The minimum Gasteiger partial charge on any atom is -0.441 e. The zero-order valence-electron chi connectivity index (χ0n) is 10.7. The molecule has 20 heavy (non-hydrogen) atoms. The highest BCUT2D eigenvalue weighted by molar-refractivity contribution is 5.82. The summed E-state index contributed by atoms with van der Waals surface area (Å²) in [5.74, 6) is -1.57. The largest absolute Gasteiger partial charge is 0.441 e. The topological polar surface area (TPSA) is 117 Å². The van der Waals surface area contributed by atoms with Gasteiger partial charge in [-0.1, -0.05) is 13.2 Å². The third-order valence-electron chi connectivity index (χ3n) is 1.94. The molecule has 9 heteroatoms. The fourth-order valence-corrected chi connectivity index (χ4v) is 0.914. The lowest BCUT2D eigenvalue weighted by molar-refractivity contribution is -0.144. The third-order valence-corrected chi connectivity index (χ3v) is 1.94. The van der Waals surface area contributed by atoms with Gasteiger partial charge < -0.3 is 19.7 Å². The lowest BCUT2D eigenvalue weighted by Gasteiger charge is -2.26. The number of carbonyl (C=O) groups excluding carboxylic acids is 3. The van der Waals surface area contributed by atoms with Crippen molar-refractivity contribution in [2.24, 2.45) is 0 Å². The molecule has 2 amide bonds. The molecule has 0 bridgehead atoms. The van der Waals surface area contributed by atoms with Gasteiger partial charge in [0.1, 0.15) is 13.5 Å². The molecule has 0 saturated carbocycles. The summed E-state index contributed by atoms with van der Waals surface area (Å²) in [6.45, 7) is 3.69. The zero-order chi connectivity index (χ0) is 15.5. The Bertz CT molecular complexity index is 349. The van der Waals surface area contributed by atoms with E-state index in [2.05, 4.69) is 22.6 Å². The molecule has 112 valence electrons. The van der Waals surface area contributed by atoms with Crippen molar-refractivity contribution in [3.63, 3.8) is 0 Å². The Morgan fingerprint density at radius 3 is 1.50 bits per heavy atom. The van der Waals surface area contributed by atoms with Gasteiger partial charge in [-0.25, -0.2) is 14.4 Å². The number of ether oxygens (including phenoxy) is 2. The van der Waals surface area contributed by atoms with Gasteiger partial charge in [0.25, 0.3) is 0 Å². The number of rotatable bonds is 8. The molecule has 0 aromatic heterocycles. The van der Waals surface area contributed by atoms with Crippen LogP contribution in [0.2, 0.25) is 0 Å². The number of urea groups is 1. The van der Waals surface area contributed by atoms with E-state index in [-0.39, 0.29) is 0 Å². The summed E-state index contributed by atoms with van der Waals surface area (Å²) >= 11 is 0. The molecule has 0 spiro atoms. The first-order valence-corrected chi connectivity index (χ1v) is 5.34. The van der Waals surface area contributed by atoms with E-state index in [1.54, 1.807) is 0 Å². The maximum Gasteiger partial charge on any atom is 0.331 e. The number of esters is 2. The molecule has 9 nitrogen and oxygen atoms in total. The molecule has 0 aromatic carbocycles. The van der Waals surface area contributed by atoms with Crippen molar-refractivity contribution in [1.82, 2.24) is 9.80 Å². The summed E-state index contributed by atoms with van der Waals surface area (Å²) in [6, 6.07) is -0.899. The Morgan fingerprint density at radius 1 is 0.900 bits per heavy atom. The molecule has 0 fully saturated rings. The second kappa shape index (κ2) is 9.53. The molecule has 0 aromatic rings. The molecular weight excluding hydrogens is 272 g/mol. The van der Waals surface area contributed by atoms with Crippen molar-refractivity contribution in [2.45, 2.75) is 0 Å². The molecule has 0 aliphatic rings. The Balaban J connectivity index is 4.52. The predicted octanol–water partition coefficient (Wildman–Crippen LogP) is -1.02. The van der Waals surface area contributed by atoms with Crippen LogP contribution in [0.25, 0.3) is 0 Å².